The van der Waals surface area contributed by atoms with Gasteiger partial charge in [0.15, 0.2) is 0 Å². The van der Waals surface area contributed by atoms with Gasteiger partial charge in [-0.05, 0) is 72.5 Å². The fourth-order valence-corrected chi connectivity index (χ4v) is 4.11. The Morgan fingerprint density at radius 2 is 1.56 bits per heavy atom. The van der Waals surface area contributed by atoms with Crippen molar-refractivity contribution < 1.29 is 23.9 Å². The summed E-state index contributed by atoms with van der Waals surface area (Å²) in [6.07, 6.45) is 0.668. The molecule has 1 heterocycles. The predicted molar refractivity (Wildman–Crippen MR) is 151 cm³/mol. The zero-order valence-electron chi connectivity index (χ0n) is 21.8. The Morgan fingerprint density at radius 3 is 2.21 bits per heavy atom. The molecular weight excluding hydrogens is 518 g/mol. The summed E-state index contributed by atoms with van der Waals surface area (Å²) in [6.45, 7) is 6.34. The van der Waals surface area contributed by atoms with Gasteiger partial charge >= 0.3 is 5.97 Å². The molecule has 0 unspecified atom stereocenters. The molecule has 1 aliphatic heterocycles. The molecule has 9 heteroatoms. The SMILES string of the molecule is CCCOC(=O)c1cccc(N2C(=O)C(Cl)=C(Nc3ccc(C(=O)Nc4ccc(C(C)C)cc4)cc3)C2=O)c1. The largest absolute Gasteiger partial charge is 0.462 e. The van der Waals surface area contributed by atoms with Gasteiger partial charge in [0.1, 0.15) is 10.7 Å². The number of rotatable bonds is 9. The molecule has 0 aliphatic carbocycles. The minimum atomic E-state index is -0.720. The van der Waals surface area contributed by atoms with E-state index in [9.17, 15) is 19.2 Å². The van der Waals surface area contributed by atoms with Crippen molar-refractivity contribution in [3.05, 3.63) is 100 Å². The molecule has 0 aromatic heterocycles. The summed E-state index contributed by atoms with van der Waals surface area (Å²) in [5, 5.41) is 5.45. The summed E-state index contributed by atoms with van der Waals surface area (Å²) in [5.41, 5.74) is 3.03. The number of carbonyl (C=O) groups excluding carboxylic acids is 4. The van der Waals surface area contributed by atoms with Crippen LogP contribution in [0.2, 0.25) is 0 Å². The Labute approximate surface area is 231 Å². The maximum atomic E-state index is 13.1. The third-order valence-electron chi connectivity index (χ3n) is 6.06. The average molecular weight is 546 g/mol. The van der Waals surface area contributed by atoms with Crippen LogP contribution in [0.5, 0.6) is 0 Å². The van der Waals surface area contributed by atoms with Crippen molar-refractivity contribution in [3.63, 3.8) is 0 Å². The van der Waals surface area contributed by atoms with Gasteiger partial charge in [-0.15, -0.1) is 0 Å². The van der Waals surface area contributed by atoms with Crippen molar-refractivity contribution in [1.29, 1.82) is 0 Å². The number of amides is 3. The van der Waals surface area contributed by atoms with E-state index in [0.717, 1.165) is 4.90 Å². The lowest BCUT2D eigenvalue weighted by Crippen LogP contribution is -2.32. The van der Waals surface area contributed by atoms with Crippen LogP contribution in [0.4, 0.5) is 17.1 Å². The number of nitrogens with zero attached hydrogens (tertiary/aromatic N) is 1. The lowest BCUT2D eigenvalue weighted by molar-refractivity contribution is -0.120. The molecule has 1 aliphatic rings. The van der Waals surface area contributed by atoms with E-state index in [1.807, 2.05) is 31.2 Å². The van der Waals surface area contributed by atoms with E-state index in [-0.39, 0.29) is 34.5 Å². The van der Waals surface area contributed by atoms with E-state index in [1.54, 1.807) is 36.4 Å². The fourth-order valence-electron chi connectivity index (χ4n) is 3.90. The minimum absolute atomic E-state index is 0.108. The van der Waals surface area contributed by atoms with Gasteiger partial charge in [0.25, 0.3) is 17.7 Å². The first-order valence-electron chi connectivity index (χ1n) is 12.5. The third kappa shape index (κ3) is 6.18. The topological polar surface area (TPSA) is 105 Å². The summed E-state index contributed by atoms with van der Waals surface area (Å²) in [5.74, 6) is -1.83. The number of hydrogen-bond donors (Lipinski definition) is 2. The van der Waals surface area contributed by atoms with E-state index >= 15 is 0 Å². The van der Waals surface area contributed by atoms with E-state index in [0.29, 0.717) is 29.3 Å². The fraction of sp³-hybridized carbons (Fsp3) is 0.200. The van der Waals surface area contributed by atoms with Crippen LogP contribution in [0.15, 0.2) is 83.5 Å². The molecule has 0 saturated carbocycles. The molecule has 4 rings (SSSR count). The second-order valence-electron chi connectivity index (χ2n) is 9.25. The number of nitrogens with one attached hydrogen (secondary N) is 2. The number of benzene rings is 3. The van der Waals surface area contributed by atoms with E-state index in [1.165, 1.54) is 17.7 Å². The molecular formula is C30H28ClN3O5. The average Bonchev–Trinajstić information content (AvgIpc) is 3.15. The standard InChI is InChI=1S/C30H28ClN3O5/c1-4-16-39-30(38)21-6-5-7-24(17-21)34-28(36)25(31)26(29(34)37)32-22-14-10-20(11-15-22)27(35)33-23-12-8-19(9-13-23)18(2)3/h5-15,17-18,32H,4,16H2,1-3H3,(H,33,35). The quantitative estimate of drug-likeness (QED) is 0.250. The first-order chi connectivity index (χ1) is 18.7. The maximum absolute atomic E-state index is 13.1. The Balaban J connectivity index is 1.44. The van der Waals surface area contributed by atoms with Crippen LogP contribution in [-0.2, 0) is 14.3 Å². The Bertz CT molecular complexity index is 1450. The second-order valence-corrected chi connectivity index (χ2v) is 9.63. The van der Waals surface area contributed by atoms with E-state index < -0.39 is 17.8 Å². The molecule has 2 N–H and O–H groups in total. The highest BCUT2D eigenvalue weighted by atomic mass is 35.5. The number of halogens is 1. The predicted octanol–water partition coefficient (Wildman–Crippen LogP) is 6.06. The molecule has 8 nitrogen and oxygen atoms in total. The minimum Gasteiger partial charge on any atom is -0.462 e. The first kappa shape index (κ1) is 27.6. The van der Waals surface area contributed by atoms with Crippen molar-refractivity contribution in [2.75, 3.05) is 22.1 Å². The molecule has 3 aromatic rings. The lowest BCUT2D eigenvalue weighted by Gasteiger charge is -2.16. The summed E-state index contributed by atoms with van der Waals surface area (Å²) in [6, 6.07) is 20.1. The van der Waals surface area contributed by atoms with Gasteiger partial charge in [0.05, 0.1) is 17.9 Å². The second kappa shape index (κ2) is 12.0. The highest BCUT2D eigenvalue weighted by Gasteiger charge is 2.39. The van der Waals surface area contributed by atoms with Gasteiger partial charge in [0.2, 0.25) is 0 Å². The Kier molecular flexibility index (Phi) is 8.46. The highest BCUT2D eigenvalue weighted by Crippen LogP contribution is 2.31. The van der Waals surface area contributed by atoms with Crippen LogP contribution >= 0.6 is 11.6 Å². The highest BCUT2D eigenvalue weighted by molar-refractivity contribution is 6.53. The summed E-state index contributed by atoms with van der Waals surface area (Å²) in [7, 11) is 0. The summed E-state index contributed by atoms with van der Waals surface area (Å²) in [4.78, 5) is 51.8. The van der Waals surface area contributed by atoms with Crippen molar-refractivity contribution in [2.45, 2.75) is 33.1 Å². The van der Waals surface area contributed by atoms with Crippen LogP contribution < -0.4 is 15.5 Å². The Morgan fingerprint density at radius 1 is 0.897 bits per heavy atom. The number of imide groups is 1. The van der Waals surface area contributed by atoms with Crippen LogP contribution in [0, 0.1) is 0 Å². The summed E-state index contributed by atoms with van der Waals surface area (Å²) < 4.78 is 5.14. The van der Waals surface area contributed by atoms with Gasteiger partial charge in [-0.3, -0.25) is 14.4 Å². The third-order valence-corrected chi connectivity index (χ3v) is 6.41. The number of ether oxygens (including phenoxy) is 1. The monoisotopic (exact) mass is 545 g/mol. The van der Waals surface area contributed by atoms with E-state index in [4.69, 9.17) is 16.3 Å². The van der Waals surface area contributed by atoms with Crippen molar-refractivity contribution in [1.82, 2.24) is 0 Å². The zero-order valence-corrected chi connectivity index (χ0v) is 22.5. The molecule has 39 heavy (non-hydrogen) atoms. The number of esters is 1. The lowest BCUT2D eigenvalue weighted by atomic mass is 10.0. The van der Waals surface area contributed by atoms with Crippen LogP contribution in [0.1, 0.15) is 59.4 Å². The molecule has 0 atom stereocenters. The van der Waals surface area contributed by atoms with Crippen molar-refractivity contribution >= 4 is 52.4 Å². The van der Waals surface area contributed by atoms with Gasteiger partial charge < -0.3 is 15.4 Å². The van der Waals surface area contributed by atoms with Gasteiger partial charge in [-0.25, -0.2) is 9.69 Å². The normalized spacial score (nSPS) is 13.2. The van der Waals surface area contributed by atoms with Gasteiger partial charge in [0, 0.05) is 16.9 Å². The van der Waals surface area contributed by atoms with Crippen LogP contribution in [-0.4, -0.2) is 30.3 Å². The van der Waals surface area contributed by atoms with Crippen LogP contribution in [0.3, 0.4) is 0 Å². The molecule has 0 radical (unpaired) electrons. The first-order valence-corrected chi connectivity index (χ1v) is 12.9. The molecule has 3 aromatic carbocycles. The molecule has 0 spiro atoms. The molecule has 0 fully saturated rings. The molecule has 3 amide bonds. The molecule has 0 bridgehead atoms. The zero-order chi connectivity index (χ0) is 28.1. The molecule has 200 valence electrons. The Hall–Kier alpha value is -4.43. The van der Waals surface area contributed by atoms with Crippen molar-refractivity contribution in [2.24, 2.45) is 0 Å². The van der Waals surface area contributed by atoms with Crippen molar-refractivity contribution in [3.8, 4) is 0 Å². The molecule has 0 saturated heterocycles. The number of anilines is 3. The number of hydrogen-bond acceptors (Lipinski definition) is 6. The van der Waals surface area contributed by atoms with Crippen LogP contribution in [0.25, 0.3) is 0 Å². The number of carbonyl (C=O) groups is 4. The smallest absolute Gasteiger partial charge is 0.338 e. The van der Waals surface area contributed by atoms with E-state index in [2.05, 4.69) is 24.5 Å². The van der Waals surface area contributed by atoms with Gasteiger partial charge in [-0.2, -0.15) is 0 Å². The maximum Gasteiger partial charge on any atom is 0.338 e. The summed E-state index contributed by atoms with van der Waals surface area (Å²) >= 11 is 6.24. The van der Waals surface area contributed by atoms with Gasteiger partial charge in [-0.1, -0.05) is 50.6 Å².